The number of carbonyl (C=O) groups excluding carboxylic acids is 1. The van der Waals surface area contributed by atoms with Crippen LogP contribution >= 0.6 is 23.2 Å². The number of rotatable bonds is 5. The normalized spacial score (nSPS) is 10.8. The summed E-state index contributed by atoms with van der Waals surface area (Å²) in [4.78, 5) is 20.0. The fourth-order valence-electron chi connectivity index (χ4n) is 2.77. The number of amides is 1. The van der Waals surface area contributed by atoms with Gasteiger partial charge in [-0.15, -0.1) is 0 Å². The van der Waals surface area contributed by atoms with Crippen LogP contribution in [0.1, 0.15) is 0 Å². The minimum Gasteiger partial charge on any atom is -0.482 e. The number of imidazole rings is 1. The first-order valence-corrected chi connectivity index (χ1v) is 9.27. The molecule has 0 aliphatic carbocycles. The zero-order valence-electron chi connectivity index (χ0n) is 14.6. The molecule has 0 unspecified atom stereocenters. The molecule has 0 spiro atoms. The zero-order valence-corrected chi connectivity index (χ0v) is 16.1. The lowest BCUT2D eigenvalue weighted by Crippen LogP contribution is -2.20. The van der Waals surface area contributed by atoms with Gasteiger partial charge in [0.05, 0.1) is 21.1 Å². The van der Waals surface area contributed by atoms with E-state index in [9.17, 15) is 4.79 Å². The molecule has 2 N–H and O–H groups in total. The maximum atomic E-state index is 12.2. The molecular formula is C21H15Cl2N3O2. The average Bonchev–Trinajstić information content (AvgIpc) is 3.13. The second-order valence-electron chi connectivity index (χ2n) is 6.06. The van der Waals surface area contributed by atoms with E-state index in [0.29, 0.717) is 32.9 Å². The van der Waals surface area contributed by atoms with Crippen molar-refractivity contribution in [2.75, 3.05) is 11.9 Å². The third-order valence-electron chi connectivity index (χ3n) is 4.09. The van der Waals surface area contributed by atoms with Crippen molar-refractivity contribution in [1.29, 1.82) is 0 Å². The molecule has 0 saturated heterocycles. The Morgan fingerprint density at radius 1 is 1.00 bits per heavy atom. The molecule has 0 aliphatic heterocycles. The molecule has 140 valence electrons. The van der Waals surface area contributed by atoms with Gasteiger partial charge in [-0.25, -0.2) is 4.98 Å². The Labute approximate surface area is 171 Å². The topological polar surface area (TPSA) is 67.0 Å². The average molecular weight is 412 g/mol. The number of nitrogens with zero attached hydrogens (tertiary/aromatic N) is 1. The molecule has 1 amide bonds. The lowest BCUT2D eigenvalue weighted by molar-refractivity contribution is -0.118. The summed E-state index contributed by atoms with van der Waals surface area (Å²) in [6.07, 6.45) is 0. The molecule has 0 saturated carbocycles. The highest BCUT2D eigenvalue weighted by molar-refractivity contribution is 6.33. The van der Waals surface area contributed by atoms with Gasteiger partial charge >= 0.3 is 0 Å². The molecule has 0 fully saturated rings. The quantitative estimate of drug-likeness (QED) is 0.451. The van der Waals surface area contributed by atoms with Gasteiger partial charge in [-0.3, -0.25) is 4.79 Å². The summed E-state index contributed by atoms with van der Waals surface area (Å²) in [5.41, 5.74) is 3.04. The van der Waals surface area contributed by atoms with Gasteiger partial charge in [-0.1, -0.05) is 47.5 Å². The number of H-pyrrole nitrogens is 1. The standard InChI is InChI=1S/C21H15Cl2N3O2/c22-15-10-9-13(24-20(27)12-28-19-8-4-1-5-16(19)23)11-14(15)21-25-17-6-2-3-7-18(17)26-21/h1-11H,12H2,(H,24,27)(H,25,26). The van der Waals surface area contributed by atoms with Crippen molar-refractivity contribution in [1.82, 2.24) is 9.97 Å². The van der Waals surface area contributed by atoms with Crippen LogP contribution in [0, 0.1) is 0 Å². The number of fused-ring (bicyclic) bond motifs is 1. The van der Waals surface area contributed by atoms with Crippen LogP contribution < -0.4 is 10.1 Å². The maximum absolute atomic E-state index is 12.2. The predicted molar refractivity (Wildman–Crippen MR) is 112 cm³/mol. The van der Waals surface area contributed by atoms with Crippen LogP contribution in [0.5, 0.6) is 5.75 Å². The monoisotopic (exact) mass is 411 g/mol. The highest BCUT2D eigenvalue weighted by atomic mass is 35.5. The van der Waals surface area contributed by atoms with E-state index in [1.165, 1.54) is 0 Å². The number of hydrogen-bond acceptors (Lipinski definition) is 3. The molecular weight excluding hydrogens is 397 g/mol. The van der Waals surface area contributed by atoms with Crippen LogP contribution in [0.4, 0.5) is 5.69 Å². The second kappa shape index (κ2) is 7.92. The van der Waals surface area contributed by atoms with Gasteiger partial charge in [0.15, 0.2) is 6.61 Å². The smallest absolute Gasteiger partial charge is 0.262 e. The fraction of sp³-hybridized carbons (Fsp3) is 0.0476. The van der Waals surface area contributed by atoms with Crippen LogP contribution in [0.3, 0.4) is 0 Å². The number of aromatic amines is 1. The number of ether oxygens (including phenoxy) is 1. The van der Waals surface area contributed by atoms with Crippen LogP contribution in [0.15, 0.2) is 66.7 Å². The van der Waals surface area contributed by atoms with Gasteiger partial charge in [0, 0.05) is 11.3 Å². The van der Waals surface area contributed by atoms with Crippen molar-refractivity contribution in [3.05, 3.63) is 76.8 Å². The van der Waals surface area contributed by atoms with Crippen LogP contribution in [-0.4, -0.2) is 22.5 Å². The number of carbonyl (C=O) groups is 1. The fourth-order valence-corrected chi connectivity index (χ4v) is 3.16. The Kier molecular flexibility index (Phi) is 5.19. The van der Waals surface area contributed by atoms with Crippen molar-refractivity contribution >= 4 is 45.8 Å². The number of aromatic nitrogens is 2. The van der Waals surface area contributed by atoms with E-state index in [2.05, 4.69) is 15.3 Å². The number of benzene rings is 3. The van der Waals surface area contributed by atoms with E-state index in [1.54, 1.807) is 42.5 Å². The number of para-hydroxylation sites is 3. The first-order valence-electron chi connectivity index (χ1n) is 8.52. The molecule has 3 aromatic carbocycles. The van der Waals surface area contributed by atoms with E-state index >= 15 is 0 Å². The lowest BCUT2D eigenvalue weighted by atomic mass is 10.2. The van der Waals surface area contributed by atoms with Gasteiger partial charge in [0.1, 0.15) is 11.6 Å². The Morgan fingerprint density at radius 2 is 1.79 bits per heavy atom. The minimum absolute atomic E-state index is 0.160. The van der Waals surface area contributed by atoms with Gasteiger partial charge in [0.25, 0.3) is 5.91 Å². The highest BCUT2D eigenvalue weighted by Gasteiger charge is 2.12. The first-order chi connectivity index (χ1) is 13.6. The van der Waals surface area contributed by atoms with Gasteiger partial charge in [-0.2, -0.15) is 0 Å². The Hall–Kier alpha value is -3.02. The van der Waals surface area contributed by atoms with Gasteiger partial charge in [-0.05, 0) is 42.5 Å². The van der Waals surface area contributed by atoms with Gasteiger partial charge < -0.3 is 15.0 Å². The summed E-state index contributed by atoms with van der Waals surface area (Å²) in [5, 5.41) is 3.78. The maximum Gasteiger partial charge on any atom is 0.262 e. The number of hydrogen-bond donors (Lipinski definition) is 2. The largest absolute Gasteiger partial charge is 0.482 e. The van der Waals surface area contributed by atoms with Crippen molar-refractivity contribution in [2.24, 2.45) is 0 Å². The third kappa shape index (κ3) is 3.96. The number of nitrogens with one attached hydrogen (secondary N) is 2. The van der Waals surface area contributed by atoms with Crippen LogP contribution in [0.25, 0.3) is 22.4 Å². The van der Waals surface area contributed by atoms with Crippen LogP contribution in [-0.2, 0) is 4.79 Å². The van der Waals surface area contributed by atoms with Crippen LogP contribution in [0.2, 0.25) is 10.0 Å². The summed E-state index contributed by atoms with van der Waals surface area (Å²) in [5.74, 6) is 0.783. The third-order valence-corrected chi connectivity index (χ3v) is 4.73. The van der Waals surface area contributed by atoms with E-state index in [1.807, 2.05) is 24.3 Å². The molecule has 5 nitrogen and oxygen atoms in total. The Balaban J connectivity index is 1.50. The molecule has 4 aromatic rings. The van der Waals surface area contributed by atoms with Crippen molar-refractivity contribution in [3.8, 4) is 17.1 Å². The molecule has 4 rings (SSSR count). The Bertz CT molecular complexity index is 1120. The summed E-state index contributed by atoms with van der Waals surface area (Å²) in [6, 6.07) is 19.9. The van der Waals surface area contributed by atoms with E-state index < -0.39 is 0 Å². The summed E-state index contributed by atoms with van der Waals surface area (Å²) < 4.78 is 5.46. The summed E-state index contributed by atoms with van der Waals surface area (Å²) >= 11 is 12.4. The molecule has 7 heteroatoms. The van der Waals surface area contributed by atoms with E-state index in [4.69, 9.17) is 27.9 Å². The number of halogens is 2. The van der Waals surface area contributed by atoms with E-state index in [0.717, 1.165) is 11.0 Å². The molecule has 0 atom stereocenters. The highest BCUT2D eigenvalue weighted by Crippen LogP contribution is 2.30. The molecule has 0 radical (unpaired) electrons. The molecule has 1 aromatic heterocycles. The zero-order chi connectivity index (χ0) is 19.5. The van der Waals surface area contributed by atoms with Crippen molar-refractivity contribution in [3.63, 3.8) is 0 Å². The van der Waals surface area contributed by atoms with Crippen molar-refractivity contribution < 1.29 is 9.53 Å². The predicted octanol–water partition coefficient (Wildman–Crippen LogP) is 5.55. The Morgan fingerprint density at radius 3 is 2.61 bits per heavy atom. The van der Waals surface area contributed by atoms with Gasteiger partial charge in [0.2, 0.25) is 0 Å². The number of anilines is 1. The molecule has 1 heterocycles. The first kappa shape index (κ1) is 18.3. The van der Waals surface area contributed by atoms with Crippen molar-refractivity contribution in [2.45, 2.75) is 0 Å². The SMILES string of the molecule is O=C(COc1ccccc1Cl)Nc1ccc(Cl)c(-c2nc3ccccc3[nH]2)c1. The second-order valence-corrected chi connectivity index (χ2v) is 6.88. The molecule has 0 aliphatic rings. The lowest BCUT2D eigenvalue weighted by Gasteiger charge is -2.10. The molecule has 28 heavy (non-hydrogen) atoms. The molecule has 0 bridgehead atoms. The van der Waals surface area contributed by atoms with E-state index in [-0.39, 0.29) is 12.5 Å². The summed E-state index contributed by atoms with van der Waals surface area (Å²) in [7, 11) is 0. The minimum atomic E-state index is -0.308. The summed E-state index contributed by atoms with van der Waals surface area (Å²) in [6.45, 7) is -0.160.